The van der Waals surface area contributed by atoms with E-state index in [1.807, 2.05) is 0 Å². The molecule has 0 spiro atoms. The fourth-order valence-corrected chi connectivity index (χ4v) is 2.58. The van der Waals surface area contributed by atoms with Gasteiger partial charge in [-0.1, -0.05) is 0 Å². The molecule has 0 saturated heterocycles. The second kappa shape index (κ2) is 7.87. The molecule has 0 amide bonds. The zero-order valence-corrected chi connectivity index (χ0v) is 9.69. The molecule has 0 heterocycles. The molecule has 0 saturated carbocycles. The zero-order valence-electron chi connectivity index (χ0n) is 36.1. The maximum atomic E-state index is 8.17. The predicted molar refractivity (Wildman–Crippen MR) is 64.9 cm³/mol. The van der Waals surface area contributed by atoms with Crippen molar-refractivity contribution in [3.63, 3.8) is 0 Å². The summed E-state index contributed by atoms with van der Waals surface area (Å²) < 4.78 is 233. The van der Waals surface area contributed by atoms with Gasteiger partial charge in [-0.15, -0.1) is 0 Å². The van der Waals surface area contributed by atoms with Gasteiger partial charge in [0.15, 0.2) is 0 Å². The number of hydrogen-bond donors (Lipinski definition) is 0. The monoisotopic (exact) mass is 312 g/mol. The average Bonchev–Trinajstić information content (AvgIpc) is 2.66. The van der Waals surface area contributed by atoms with Crippen LogP contribution in [0.2, 0.25) is 0 Å². The molecular formula is C12H28O4Ti. The Hall–Kier alpha value is 0.554. The SMILES string of the molecule is [2H]C([2H])([2H])C([2H])([O][Ti]([O]C([2H])(C([2H])([2H])[2H])C([2H])([2H])[2H])([O]C([2H])(C([2H])([2H])[2H])C([2H])([2H])[2H])[O]C([2H])(C([2H])([2H])[2H])C([2H])([2H])[2H])C([2H])([2H])[2H]. The van der Waals surface area contributed by atoms with E-state index in [1.165, 1.54) is 0 Å². The normalized spacial score (nSPS) is 46.1. The van der Waals surface area contributed by atoms with E-state index in [2.05, 4.69) is 13.3 Å². The molecule has 0 aromatic rings. The van der Waals surface area contributed by atoms with Crippen molar-refractivity contribution in [2.24, 2.45) is 0 Å². The Morgan fingerprint density at radius 2 is 0.882 bits per heavy atom. The summed E-state index contributed by atoms with van der Waals surface area (Å²) in [5.41, 5.74) is 0. The van der Waals surface area contributed by atoms with Gasteiger partial charge in [0.1, 0.15) is 0 Å². The van der Waals surface area contributed by atoms with Crippen molar-refractivity contribution in [3.05, 3.63) is 0 Å². The van der Waals surface area contributed by atoms with Gasteiger partial charge in [-0.25, -0.2) is 0 Å². The van der Waals surface area contributed by atoms with Crippen molar-refractivity contribution in [2.45, 2.75) is 79.1 Å². The average molecular weight is 312 g/mol. The Morgan fingerprint density at radius 3 is 1.06 bits per heavy atom. The number of rotatable bonds is 8. The first kappa shape index (κ1) is 2.42. The molecule has 0 unspecified atom stereocenters. The van der Waals surface area contributed by atoms with Crippen LogP contribution in [0.1, 0.15) is 93.2 Å². The molecule has 0 aliphatic rings. The predicted octanol–water partition coefficient (Wildman–Crippen LogP) is 3.50. The van der Waals surface area contributed by atoms with Crippen LogP contribution in [0.4, 0.5) is 0 Å². The van der Waals surface area contributed by atoms with Gasteiger partial charge in [0.2, 0.25) is 0 Å². The third-order valence-electron chi connectivity index (χ3n) is 0.908. The standard InChI is InChI=1S/4C3H7O.Ti/c4*1-3(2)4;/h4*3H,1-2H3;/q4*-1;+4/i4*1D3,2D3,3D;. The second-order valence-corrected chi connectivity index (χ2v) is 5.06. The quantitative estimate of drug-likeness (QED) is 0.643. The summed E-state index contributed by atoms with van der Waals surface area (Å²) in [7, 11) is 0. The summed E-state index contributed by atoms with van der Waals surface area (Å²) in [5.74, 6) is 0. The van der Waals surface area contributed by atoms with E-state index in [9.17, 15) is 0 Å². The molecule has 0 N–H and O–H groups in total. The van der Waals surface area contributed by atoms with Crippen molar-refractivity contribution in [2.75, 3.05) is 0 Å². The van der Waals surface area contributed by atoms with Crippen LogP contribution >= 0.6 is 0 Å². The molecule has 17 heavy (non-hydrogen) atoms. The molecule has 0 rings (SSSR count). The van der Waals surface area contributed by atoms with Crippen molar-refractivity contribution < 1.29 is 69.8 Å². The van der Waals surface area contributed by atoms with Crippen LogP contribution < -0.4 is 0 Å². The third kappa shape index (κ3) is 8.30. The van der Waals surface area contributed by atoms with E-state index in [1.54, 1.807) is 0 Å². The van der Waals surface area contributed by atoms with Crippen molar-refractivity contribution >= 4 is 0 Å². The second-order valence-electron chi connectivity index (χ2n) is 2.22. The van der Waals surface area contributed by atoms with E-state index < -0.39 is 97.3 Å². The third-order valence-corrected chi connectivity index (χ3v) is 3.74. The van der Waals surface area contributed by atoms with E-state index >= 15 is 0 Å². The van der Waals surface area contributed by atoms with Gasteiger partial charge in [-0.05, 0) is 0 Å². The van der Waals surface area contributed by atoms with Crippen LogP contribution in [0.25, 0.3) is 0 Å². The molecule has 0 fully saturated rings. The molecule has 104 valence electrons. The first-order chi connectivity index (χ1) is 18.8. The summed E-state index contributed by atoms with van der Waals surface area (Å²) >= 11 is -8.65. The molecular weight excluding hydrogens is 256 g/mol. The van der Waals surface area contributed by atoms with Crippen LogP contribution in [-0.2, 0) is 31.4 Å². The maximum absolute atomic E-state index is 8.65. The van der Waals surface area contributed by atoms with Crippen LogP contribution in [0.5, 0.6) is 0 Å². The van der Waals surface area contributed by atoms with Gasteiger partial charge < -0.3 is 0 Å². The van der Waals surface area contributed by atoms with Crippen LogP contribution in [-0.4, -0.2) is 24.3 Å². The molecule has 0 aliphatic heterocycles. The Kier molecular flexibility index (Phi) is 1.12. The summed E-state index contributed by atoms with van der Waals surface area (Å²) in [6.45, 7) is -35.5. The zero-order chi connectivity index (χ0) is 37.3. The van der Waals surface area contributed by atoms with E-state index in [0.29, 0.717) is 0 Å². The summed E-state index contributed by atoms with van der Waals surface area (Å²) in [6, 6.07) is 0. The molecule has 4 nitrogen and oxygen atoms in total. The summed E-state index contributed by atoms with van der Waals surface area (Å²) in [4.78, 5) is 0. The number of hydrogen-bond acceptors (Lipinski definition) is 4. The molecule has 0 bridgehead atoms. The van der Waals surface area contributed by atoms with Gasteiger partial charge >= 0.3 is 149 Å². The molecule has 0 aromatic carbocycles. The first-order valence-corrected chi connectivity index (χ1v) is 6.18. The van der Waals surface area contributed by atoms with Crippen LogP contribution in [0.15, 0.2) is 0 Å². The molecule has 5 heteroatoms. The van der Waals surface area contributed by atoms with E-state index in [4.69, 9.17) is 38.4 Å². The van der Waals surface area contributed by atoms with E-state index in [-0.39, 0.29) is 0 Å². The minimum absolute atomic E-state index is 4.44. The fourth-order valence-electron chi connectivity index (χ4n) is 0.625. The Bertz CT molecular complexity index is 797. The van der Waals surface area contributed by atoms with Crippen LogP contribution in [0, 0.1) is 0 Å². The van der Waals surface area contributed by atoms with Crippen molar-refractivity contribution in [1.82, 2.24) is 0 Å². The summed E-state index contributed by atoms with van der Waals surface area (Å²) in [6.07, 6.45) is -19.1. The first-order valence-electron chi connectivity index (χ1n) is 17.6. The molecule has 0 aromatic heterocycles. The molecule has 0 radical (unpaired) electrons. The van der Waals surface area contributed by atoms with Gasteiger partial charge in [-0.2, -0.15) is 0 Å². The Morgan fingerprint density at radius 1 is 0.647 bits per heavy atom. The minimum atomic E-state index is -8.65. The molecule has 0 aliphatic carbocycles. The van der Waals surface area contributed by atoms with Gasteiger partial charge in [0, 0.05) is 0 Å². The van der Waals surface area contributed by atoms with Gasteiger partial charge in [0.05, 0.1) is 0 Å². The summed E-state index contributed by atoms with van der Waals surface area (Å²) in [5, 5.41) is 0. The van der Waals surface area contributed by atoms with E-state index in [0.717, 1.165) is 0 Å². The van der Waals surface area contributed by atoms with Crippen LogP contribution in [0.3, 0.4) is 0 Å². The van der Waals surface area contributed by atoms with Gasteiger partial charge in [0.25, 0.3) is 0 Å². The fraction of sp³-hybridized carbons (Fsp3) is 1.00. The Balaban J connectivity index is 8.86. The topological polar surface area (TPSA) is 36.9 Å². The van der Waals surface area contributed by atoms with Gasteiger partial charge in [-0.3, -0.25) is 0 Å². The van der Waals surface area contributed by atoms with Crippen molar-refractivity contribution in [3.8, 4) is 0 Å². The van der Waals surface area contributed by atoms with Crippen molar-refractivity contribution in [1.29, 1.82) is 0 Å². The molecule has 0 atom stereocenters. The Labute approximate surface area is 151 Å².